The van der Waals surface area contributed by atoms with E-state index in [1.165, 1.54) is 30.4 Å². The number of methoxy groups -OCH3 is 2. The Kier molecular flexibility index (Phi) is 13.0. The number of unbranched alkanes of at least 4 members (excludes halogenated alkanes) is 2. The minimum absolute atomic E-state index is 0.806. The van der Waals surface area contributed by atoms with Gasteiger partial charge < -0.3 is 9.47 Å². The summed E-state index contributed by atoms with van der Waals surface area (Å²) >= 11 is 5.78. The highest BCUT2D eigenvalue weighted by Gasteiger charge is 1.93. The van der Waals surface area contributed by atoms with Gasteiger partial charge in [0.05, 0.1) is 0 Å². The van der Waals surface area contributed by atoms with E-state index in [2.05, 4.69) is 42.5 Å². The molecule has 0 radical (unpaired) electrons. The fraction of sp³-hybridized carbons (Fsp3) is 0.455. The maximum atomic E-state index is 5.78. The zero-order chi connectivity index (χ0) is 18.2. The van der Waals surface area contributed by atoms with E-state index in [-0.39, 0.29) is 0 Å². The Morgan fingerprint density at radius 2 is 1.12 bits per heavy atom. The van der Waals surface area contributed by atoms with Crippen LogP contribution in [0.5, 0.6) is 0 Å². The summed E-state index contributed by atoms with van der Waals surface area (Å²) in [7, 11) is 3.49. The van der Waals surface area contributed by atoms with Crippen LogP contribution < -0.4 is 0 Å². The lowest BCUT2D eigenvalue weighted by atomic mass is 10.1. The molecule has 0 unspecified atom stereocenters. The van der Waals surface area contributed by atoms with Gasteiger partial charge in [-0.3, -0.25) is 0 Å². The van der Waals surface area contributed by atoms with Gasteiger partial charge in [0.25, 0.3) is 0 Å². The molecule has 0 bridgehead atoms. The average molecular weight is 363 g/mol. The monoisotopic (exact) mass is 362 g/mol. The molecule has 25 heavy (non-hydrogen) atoms. The van der Waals surface area contributed by atoms with Crippen molar-refractivity contribution in [2.75, 3.05) is 27.4 Å². The first-order chi connectivity index (χ1) is 12.3. The molecule has 0 amide bonds. The molecule has 2 rings (SSSR count). The van der Waals surface area contributed by atoms with E-state index in [4.69, 9.17) is 21.1 Å². The van der Waals surface area contributed by atoms with Crippen molar-refractivity contribution in [3.63, 3.8) is 0 Å². The number of rotatable bonds is 10. The molecule has 0 saturated carbocycles. The van der Waals surface area contributed by atoms with Crippen LogP contribution in [0.4, 0.5) is 0 Å². The third kappa shape index (κ3) is 11.8. The lowest BCUT2D eigenvalue weighted by molar-refractivity contribution is 0.193. The minimum Gasteiger partial charge on any atom is -0.385 e. The highest BCUT2D eigenvalue weighted by Crippen LogP contribution is 2.11. The molecule has 3 heteroatoms. The van der Waals surface area contributed by atoms with Crippen LogP contribution in [-0.2, 0) is 22.3 Å². The van der Waals surface area contributed by atoms with Crippen molar-refractivity contribution in [3.05, 3.63) is 70.7 Å². The first-order valence-corrected chi connectivity index (χ1v) is 9.40. The largest absolute Gasteiger partial charge is 0.385 e. The molecule has 0 aliphatic heterocycles. The topological polar surface area (TPSA) is 18.5 Å². The first-order valence-electron chi connectivity index (χ1n) is 9.02. The average Bonchev–Trinajstić information content (AvgIpc) is 2.65. The Hall–Kier alpha value is -1.35. The van der Waals surface area contributed by atoms with Crippen molar-refractivity contribution in [1.29, 1.82) is 0 Å². The summed E-state index contributed by atoms with van der Waals surface area (Å²) in [5, 5.41) is 0.806. The lowest BCUT2D eigenvalue weighted by Crippen LogP contribution is -1.91. The second kappa shape index (κ2) is 14.9. The summed E-state index contributed by atoms with van der Waals surface area (Å²) < 4.78 is 9.96. The van der Waals surface area contributed by atoms with E-state index in [0.717, 1.165) is 37.5 Å². The highest BCUT2D eigenvalue weighted by atomic mass is 35.5. The quantitative estimate of drug-likeness (QED) is 0.485. The molecule has 0 fully saturated rings. The van der Waals surface area contributed by atoms with Crippen molar-refractivity contribution in [2.24, 2.45) is 0 Å². The van der Waals surface area contributed by atoms with Crippen molar-refractivity contribution >= 4 is 11.6 Å². The molecular weight excluding hydrogens is 332 g/mol. The molecule has 0 aliphatic rings. The number of aryl methyl sites for hydroxylation is 2. The lowest BCUT2D eigenvalue weighted by Gasteiger charge is -2.00. The van der Waals surface area contributed by atoms with Crippen molar-refractivity contribution in [2.45, 2.75) is 38.5 Å². The Labute approximate surface area is 158 Å². The first kappa shape index (κ1) is 21.7. The van der Waals surface area contributed by atoms with E-state index in [0.29, 0.717) is 0 Å². The van der Waals surface area contributed by atoms with Crippen LogP contribution in [0.15, 0.2) is 54.6 Å². The molecule has 0 N–H and O–H groups in total. The Balaban J connectivity index is 0.000000251. The summed E-state index contributed by atoms with van der Waals surface area (Å²) in [5.74, 6) is 0. The second-order valence-electron chi connectivity index (χ2n) is 6.01. The van der Waals surface area contributed by atoms with Gasteiger partial charge in [-0.15, -0.1) is 0 Å². The molecule has 0 heterocycles. The molecular formula is C22H31ClO2. The van der Waals surface area contributed by atoms with E-state index >= 15 is 0 Å². The van der Waals surface area contributed by atoms with E-state index in [9.17, 15) is 0 Å². The Morgan fingerprint density at radius 3 is 1.60 bits per heavy atom. The van der Waals surface area contributed by atoms with Gasteiger partial charge in [0.1, 0.15) is 0 Å². The van der Waals surface area contributed by atoms with Gasteiger partial charge >= 0.3 is 0 Å². The normalized spacial score (nSPS) is 10.2. The van der Waals surface area contributed by atoms with Gasteiger partial charge in [-0.2, -0.15) is 0 Å². The molecule has 138 valence electrons. The van der Waals surface area contributed by atoms with Gasteiger partial charge in [-0.25, -0.2) is 0 Å². The summed E-state index contributed by atoms with van der Waals surface area (Å²) in [4.78, 5) is 0. The summed E-state index contributed by atoms with van der Waals surface area (Å²) in [6.07, 6.45) is 6.96. The second-order valence-corrected chi connectivity index (χ2v) is 6.45. The molecule has 0 atom stereocenters. The van der Waals surface area contributed by atoms with Crippen molar-refractivity contribution in [3.8, 4) is 0 Å². The summed E-state index contributed by atoms with van der Waals surface area (Å²) in [6, 6.07) is 18.6. The third-order valence-electron chi connectivity index (χ3n) is 3.88. The van der Waals surface area contributed by atoms with Crippen LogP contribution >= 0.6 is 11.6 Å². The van der Waals surface area contributed by atoms with Crippen molar-refractivity contribution in [1.82, 2.24) is 0 Å². The maximum Gasteiger partial charge on any atom is 0.0462 e. The molecule has 2 nitrogen and oxygen atoms in total. The van der Waals surface area contributed by atoms with Crippen LogP contribution in [-0.4, -0.2) is 27.4 Å². The molecule has 0 saturated heterocycles. The van der Waals surface area contributed by atoms with Gasteiger partial charge in [0, 0.05) is 32.5 Å². The van der Waals surface area contributed by atoms with Gasteiger partial charge in [-0.1, -0.05) is 54.1 Å². The zero-order valence-corrected chi connectivity index (χ0v) is 16.3. The van der Waals surface area contributed by atoms with Crippen LogP contribution in [0.2, 0.25) is 5.02 Å². The molecule has 0 aliphatic carbocycles. The molecule has 0 aromatic heterocycles. The predicted molar refractivity (Wildman–Crippen MR) is 108 cm³/mol. The zero-order valence-electron chi connectivity index (χ0n) is 15.5. The molecule has 2 aromatic rings. The van der Waals surface area contributed by atoms with Crippen LogP contribution in [0.1, 0.15) is 36.8 Å². The minimum atomic E-state index is 0.806. The maximum absolute atomic E-state index is 5.78. The number of halogens is 1. The smallest absolute Gasteiger partial charge is 0.0462 e. The predicted octanol–water partition coefficient (Wildman–Crippen LogP) is 5.96. The van der Waals surface area contributed by atoms with E-state index in [1.807, 2.05) is 12.1 Å². The van der Waals surface area contributed by atoms with Crippen LogP contribution in [0.3, 0.4) is 0 Å². The van der Waals surface area contributed by atoms with Gasteiger partial charge in [-0.05, 0) is 61.8 Å². The number of hydrogen-bond acceptors (Lipinski definition) is 2. The Morgan fingerprint density at radius 1 is 0.640 bits per heavy atom. The standard InChI is InChI=1S/C11H15ClO.C11H16O/c1-13-9-3-2-4-10-5-7-11(12)8-6-10;1-12-10-6-5-9-11-7-3-2-4-8-11/h5-8H,2-4,9H2,1H3;2-4,7-8H,5-6,9-10H2,1H3. The van der Waals surface area contributed by atoms with Gasteiger partial charge in [0.15, 0.2) is 0 Å². The Bertz CT molecular complexity index is 525. The van der Waals surface area contributed by atoms with Crippen LogP contribution in [0, 0.1) is 0 Å². The van der Waals surface area contributed by atoms with Crippen LogP contribution in [0.25, 0.3) is 0 Å². The number of hydrogen-bond donors (Lipinski definition) is 0. The number of benzene rings is 2. The van der Waals surface area contributed by atoms with E-state index < -0.39 is 0 Å². The fourth-order valence-electron chi connectivity index (χ4n) is 2.45. The van der Waals surface area contributed by atoms with Crippen molar-refractivity contribution < 1.29 is 9.47 Å². The van der Waals surface area contributed by atoms with Gasteiger partial charge in [0.2, 0.25) is 0 Å². The summed E-state index contributed by atoms with van der Waals surface area (Å²) in [5.41, 5.74) is 2.77. The third-order valence-corrected chi connectivity index (χ3v) is 4.14. The highest BCUT2D eigenvalue weighted by molar-refractivity contribution is 6.30. The molecule has 0 spiro atoms. The fourth-order valence-corrected chi connectivity index (χ4v) is 2.57. The molecule has 2 aromatic carbocycles. The SMILES string of the molecule is COCCCCc1ccc(Cl)cc1.COCCCCc1ccccc1. The summed E-state index contributed by atoms with van der Waals surface area (Å²) in [6.45, 7) is 1.74. The number of ether oxygens (including phenoxy) is 2. The van der Waals surface area contributed by atoms with E-state index in [1.54, 1.807) is 14.2 Å².